The van der Waals surface area contributed by atoms with Crippen molar-refractivity contribution in [3.8, 4) is 0 Å². The van der Waals surface area contributed by atoms with Crippen LogP contribution in [-0.2, 0) is 17.6 Å². The predicted molar refractivity (Wildman–Crippen MR) is 114 cm³/mol. The summed E-state index contributed by atoms with van der Waals surface area (Å²) >= 11 is 0. The Balaban J connectivity index is 1.55. The van der Waals surface area contributed by atoms with Crippen molar-refractivity contribution in [2.24, 2.45) is 0 Å². The minimum absolute atomic E-state index is 0.189. The molecule has 156 valence electrons. The van der Waals surface area contributed by atoms with Crippen molar-refractivity contribution in [3.63, 3.8) is 0 Å². The van der Waals surface area contributed by atoms with Crippen LogP contribution in [0.25, 0.3) is 0 Å². The van der Waals surface area contributed by atoms with E-state index in [-0.39, 0.29) is 18.8 Å². The standard InChI is InChI=1S/C25H21FN2O3/c26-21-13-7-4-10-18(21)14-15-27-23(29)22(16-17-8-2-1-3-9-17)28-24(30)19-11-5-6-12-20(19)25(28)31/h1-13,22H,14-16H2,(H,27,29)/t22-/m0/s1. The lowest BCUT2D eigenvalue weighted by molar-refractivity contribution is -0.125. The molecule has 3 aromatic carbocycles. The highest BCUT2D eigenvalue weighted by Gasteiger charge is 2.42. The van der Waals surface area contributed by atoms with Gasteiger partial charge in [-0.1, -0.05) is 60.7 Å². The summed E-state index contributed by atoms with van der Waals surface area (Å²) < 4.78 is 13.8. The number of rotatable bonds is 7. The number of fused-ring (bicyclic) bond motifs is 1. The van der Waals surface area contributed by atoms with Gasteiger partial charge in [-0.3, -0.25) is 19.3 Å². The van der Waals surface area contributed by atoms with E-state index in [2.05, 4.69) is 5.32 Å². The third kappa shape index (κ3) is 4.23. The highest BCUT2D eigenvalue weighted by Crippen LogP contribution is 2.26. The van der Waals surface area contributed by atoms with Crippen LogP contribution in [-0.4, -0.2) is 35.2 Å². The number of amides is 3. The van der Waals surface area contributed by atoms with Crippen molar-refractivity contribution < 1.29 is 18.8 Å². The number of carbonyl (C=O) groups is 3. The Morgan fingerprint density at radius 1 is 0.839 bits per heavy atom. The Morgan fingerprint density at radius 2 is 1.42 bits per heavy atom. The van der Waals surface area contributed by atoms with E-state index in [1.807, 2.05) is 30.3 Å². The van der Waals surface area contributed by atoms with Crippen LogP contribution in [0.4, 0.5) is 4.39 Å². The lowest BCUT2D eigenvalue weighted by Gasteiger charge is -2.25. The van der Waals surface area contributed by atoms with Crippen LogP contribution in [0, 0.1) is 5.82 Å². The van der Waals surface area contributed by atoms with Crippen LogP contribution in [0.1, 0.15) is 31.8 Å². The molecule has 0 saturated carbocycles. The van der Waals surface area contributed by atoms with Gasteiger partial charge in [0, 0.05) is 13.0 Å². The SMILES string of the molecule is O=C(NCCc1ccccc1F)[C@H](Cc1ccccc1)N1C(=O)c2ccccc2C1=O. The van der Waals surface area contributed by atoms with E-state index in [0.29, 0.717) is 23.1 Å². The highest BCUT2D eigenvalue weighted by molar-refractivity contribution is 6.22. The molecule has 0 radical (unpaired) electrons. The Morgan fingerprint density at radius 3 is 2.06 bits per heavy atom. The second-order valence-electron chi connectivity index (χ2n) is 7.36. The fourth-order valence-corrected chi connectivity index (χ4v) is 3.77. The number of nitrogens with zero attached hydrogens (tertiary/aromatic N) is 1. The highest BCUT2D eigenvalue weighted by atomic mass is 19.1. The predicted octanol–water partition coefficient (Wildman–Crippen LogP) is 3.39. The Hall–Kier alpha value is -3.80. The van der Waals surface area contributed by atoms with Gasteiger partial charge in [-0.05, 0) is 35.7 Å². The average Bonchev–Trinajstić information content (AvgIpc) is 3.04. The molecule has 1 aliphatic heterocycles. The molecule has 0 aliphatic carbocycles. The zero-order valence-electron chi connectivity index (χ0n) is 16.8. The van der Waals surface area contributed by atoms with Crippen molar-refractivity contribution in [3.05, 3.63) is 107 Å². The largest absolute Gasteiger partial charge is 0.354 e. The molecule has 1 heterocycles. The zero-order valence-corrected chi connectivity index (χ0v) is 16.8. The van der Waals surface area contributed by atoms with Gasteiger partial charge in [0.05, 0.1) is 11.1 Å². The van der Waals surface area contributed by atoms with E-state index in [0.717, 1.165) is 10.5 Å². The van der Waals surface area contributed by atoms with Gasteiger partial charge in [-0.25, -0.2) is 4.39 Å². The van der Waals surface area contributed by atoms with Gasteiger partial charge in [0.15, 0.2) is 0 Å². The fourth-order valence-electron chi connectivity index (χ4n) is 3.77. The third-order valence-electron chi connectivity index (χ3n) is 5.36. The normalized spacial score (nSPS) is 13.8. The van der Waals surface area contributed by atoms with Gasteiger partial charge >= 0.3 is 0 Å². The summed E-state index contributed by atoms with van der Waals surface area (Å²) in [6.07, 6.45) is 0.496. The number of imide groups is 1. The number of hydrogen-bond acceptors (Lipinski definition) is 3. The van der Waals surface area contributed by atoms with Crippen LogP contribution in [0.2, 0.25) is 0 Å². The maximum absolute atomic E-state index is 13.8. The minimum atomic E-state index is -1.00. The van der Waals surface area contributed by atoms with Crippen LogP contribution >= 0.6 is 0 Å². The van der Waals surface area contributed by atoms with Crippen LogP contribution in [0.3, 0.4) is 0 Å². The van der Waals surface area contributed by atoms with E-state index in [1.165, 1.54) is 6.07 Å². The molecule has 0 fully saturated rings. The molecule has 0 spiro atoms. The molecule has 1 atom stereocenters. The van der Waals surface area contributed by atoms with E-state index in [4.69, 9.17) is 0 Å². The molecule has 1 aliphatic rings. The van der Waals surface area contributed by atoms with Crippen LogP contribution < -0.4 is 5.32 Å². The summed E-state index contributed by atoms with van der Waals surface area (Å²) in [7, 11) is 0. The molecule has 1 N–H and O–H groups in total. The van der Waals surface area contributed by atoms with Crippen LogP contribution in [0.15, 0.2) is 78.9 Å². The summed E-state index contributed by atoms with van der Waals surface area (Å²) in [6, 6.07) is 21.1. The maximum atomic E-state index is 13.8. The number of nitrogens with one attached hydrogen (secondary N) is 1. The summed E-state index contributed by atoms with van der Waals surface area (Å²) in [5.41, 5.74) is 1.91. The van der Waals surface area contributed by atoms with E-state index in [9.17, 15) is 18.8 Å². The monoisotopic (exact) mass is 416 g/mol. The second kappa shape index (κ2) is 8.92. The molecular formula is C25H21FN2O3. The topological polar surface area (TPSA) is 66.5 Å². The molecular weight excluding hydrogens is 395 g/mol. The molecule has 0 unspecified atom stereocenters. The van der Waals surface area contributed by atoms with Gasteiger partial charge in [0.2, 0.25) is 5.91 Å². The maximum Gasteiger partial charge on any atom is 0.262 e. The average molecular weight is 416 g/mol. The first-order valence-corrected chi connectivity index (χ1v) is 10.1. The van der Waals surface area contributed by atoms with Crippen molar-refractivity contribution in [1.82, 2.24) is 10.2 Å². The first kappa shape index (κ1) is 20.5. The fraction of sp³-hybridized carbons (Fsp3) is 0.160. The second-order valence-corrected chi connectivity index (χ2v) is 7.36. The number of carbonyl (C=O) groups excluding carboxylic acids is 3. The summed E-state index contributed by atoms with van der Waals surface area (Å²) in [6.45, 7) is 0.189. The van der Waals surface area contributed by atoms with Crippen LogP contribution in [0.5, 0.6) is 0 Å². The van der Waals surface area contributed by atoms with Crippen molar-refractivity contribution >= 4 is 17.7 Å². The summed E-state index contributed by atoms with van der Waals surface area (Å²) in [5, 5.41) is 2.77. The zero-order chi connectivity index (χ0) is 21.8. The first-order chi connectivity index (χ1) is 15.1. The lowest BCUT2D eigenvalue weighted by atomic mass is 10.0. The number of halogens is 1. The molecule has 0 saturated heterocycles. The van der Waals surface area contributed by atoms with Gasteiger partial charge in [0.25, 0.3) is 11.8 Å². The summed E-state index contributed by atoms with van der Waals surface area (Å²) in [5.74, 6) is -1.75. The van der Waals surface area contributed by atoms with E-state index < -0.39 is 23.8 Å². The first-order valence-electron chi connectivity index (χ1n) is 10.1. The molecule has 5 nitrogen and oxygen atoms in total. The van der Waals surface area contributed by atoms with Gasteiger partial charge in [-0.15, -0.1) is 0 Å². The molecule has 3 amide bonds. The van der Waals surface area contributed by atoms with Gasteiger partial charge in [0.1, 0.15) is 11.9 Å². The van der Waals surface area contributed by atoms with E-state index >= 15 is 0 Å². The Bertz CT molecular complexity index is 1100. The van der Waals surface area contributed by atoms with Gasteiger partial charge in [-0.2, -0.15) is 0 Å². The Labute approximate surface area is 179 Å². The molecule has 6 heteroatoms. The molecule has 0 bridgehead atoms. The molecule has 31 heavy (non-hydrogen) atoms. The minimum Gasteiger partial charge on any atom is -0.354 e. The lowest BCUT2D eigenvalue weighted by Crippen LogP contribution is -2.51. The molecule has 3 aromatic rings. The molecule has 0 aromatic heterocycles. The summed E-state index contributed by atoms with van der Waals surface area (Å²) in [4.78, 5) is 40.1. The number of benzene rings is 3. The number of hydrogen-bond donors (Lipinski definition) is 1. The molecule has 4 rings (SSSR count). The third-order valence-corrected chi connectivity index (χ3v) is 5.36. The van der Waals surface area contributed by atoms with Crippen molar-refractivity contribution in [1.29, 1.82) is 0 Å². The van der Waals surface area contributed by atoms with Crippen molar-refractivity contribution in [2.75, 3.05) is 6.54 Å². The smallest absolute Gasteiger partial charge is 0.262 e. The quantitative estimate of drug-likeness (QED) is 0.601. The van der Waals surface area contributed by atoms with Crippen molar-refractivity contribution in [2.45, 2.75) is 18.9 Å². The van der Waals surface area contributed by atoms with Gasteiger partial charge < -0.3 is 5.32 Å². The Kier molecular flexibility index (Phi) is 5.89. The van der Waals surface area contributed by atoms with E-state index in [1.54, 1.807) is 42.5 Å².